The van der Waals surface area contributed by atoms with E-state index in [1.54, 1.807) is 24.3 Å². The summed E-state index contributed by atoms with van der Waals surface area (Å²) in [5.74, 6) is -0.940. The van der Waals surface area contributed by atoms with Crippen LogP contribution < -0.4 is 20.9 Å². The molecule has 0 radical (unpaired) electrons. The van der Waals surface area contributed by atoms with Gasteiger partial charge in [0.15, 0.2) is 0 Å². The predicted octanol–water partition coefficient (Wildman–Crippen LogP) is 2.80. The van der Waals surface area contributed by atoms with E-state index in [9.17, 15) is 25.0 Å². The van der Waals surface area contributed by atoms with Gasteiger partial charge < -0.3 is 10.1 Å². The van der Waals surface area contributed by atoms with Crippen molar-refractivity contribution in [3.05, 3.63) is 80.7 Å². The number of hydrogen-bond acceptors (Lipinski definition) is 10. The Kier molecular flexibility index (Phi) is 6.16. The van der Waals surface area contributed by atoms with Gasteiger partial charge >= 0.3 is 5.69 Å². The van der Waals surface area contributed by atoms with Gasteiger partial charge in [0.05, 0.1) is 22.6 Å². The second kappa shape index (κ2) is 9.13. The third-order valence-corrected chi connectivity index (χ3v) is 4.00. The molecule has 0 fully saturated rings. The molecule has 0 spiro atoms. The molecule has 158 valence electrons. The fourth-order valence-electron chi connectivity index (χ4n) is 2.62. The Morgan fingerprint density at radius 2 is 1.65 bits per heavy atom. The maximum atomic E-state index is 12.4. The molecular formula is C18H15N7O6. The summed E-state index contributed by atoms with van der Waals surface area (Å²) >= 11 is 0. The van der Waals surface area contributed by atoms with E-state index >= 15 is 0 Å². The van der Waals surface area contributed by atoms with Gasteiger partial charge in [-0.1, -0.05) is 24.3 Å². The number of hydrogen-bond donors (Lipinski definition) is 3. The molecule has 3 N–H and O–H groups in total. The Hall–Kier alpha value is -4.81. The lowest BCUT2D eigenvalue weighted by molar-refractivity contribution is -0.385. The fourth-order valence-corrected chi connectivity index (χ4v) is 2.62. The van der Waals surface area contributed by atoms with Crippen LogP contribution >= 0.6 is 0 Å². The number of aromatic nitrogens is 2. The van der Waals surface area contributed by atoms with Gasteiger partial charge in [0.1, 0.15) is 17.6 Å². The van der Waals surface area contributed by atoms with E-state index in [0.29, 0.717) is 11.4 Å². The number of nitro benzene ring substituents is 1. The van der Waals surface area contributed by atoms with Crippen molar-refractivity contribution in [2.45, 2.75) is 0 Å². The van der Waals surface area contributed by atoms with Crippen LogP contribution in [0.5, 0.6) is 5.75 Å². The third-order valence-electron chi connectivity index (χ3n) is 4.00. The SMILES string of the molecule is COc1ccccc1Nc1ncnc(NNC(=O)c2ccccc2[N+](=O)[O-])c1[N+](=O)[O-]. The Balaban J connectivity index is 1.87. The smallest absolute Gasteiger partial charge is 0.355 e. The first kappa shape index (κ1) is 20.9. The molecule has 13 nitrogen and oxygen atoms in total. The van der Waals surface area contributed by atoms with Gasteiger partial charge in [0.2, 0.25) is 11.6 Å². The number of anilines is 3. The van der Waals surface area contributed by atoms with Gasteiger partial charge in [-0.2, -0.15) is 0 Å². The number of carbonyl (C=O) groups excluding carboxylic acids is 1. The molecule has 0 bridgehead atoms. The van der Waals surface area contributed by atoms with Gasteiger partial charge in [0, 0.05) is 6.07 Å². The van der Waals surface area contributed by atoms with E-state index in [1.165, 1.54) is 25.3 Å². The largest absolute Gasteiger partial charge is 0.495 e. The summed E-state index contributed by atoms with van der Waals surface area (Å²) in [4.78, 5) is 41.3. The summed E-state index contributed by atoms with van der Waals surface area (Å²) in [5.41, 5.74) is 3.71. The molecule has 2 aromatic carbocycles. The lowest BCUT2D eigenvalue weighted by atomic mass is 10.2. The highest BCUT2D eigenvalue weighted by Gasteiger charge is 2.25. The van der Waals surface area contributed by atoms with Crippen molar-refractivity contribution in [2.24, 2.45) is 0 Å². The van der Waals surface area contributed by atoms with E-state index < -0.39 is 27.1 Å². The zero-order valence-electron chi connectivity index (χ0n) is 15.9. The molecule has 0 saturated heterocycles. The molecule has 1 heterocycles. The van der Waals surface area contributed by atoms with Crippen molar-refractivity contribution in [3.63, 3.8) is 0 Å². The van der Waals surface area contributed by atoms with Crippen LogP contribution in [0.25, 0.3) is 0 Å². The van der Waals surface area contributed by atoms with Crippen LogP contribution in [-0.4, -0.2) is 32.8 Å². The van der Waals surface area contributed by atoms with E-state index in [-0.39, 0.29) is 17.2 Å². The van der Waals surface area contributed by atoms with E-state index in [1.807, 2.05) is 0 Å². The quantitative estimate of drug-likeness (QED) is 0.359. The molecule has 13 heteroatoms. The lowest BCUT2D eigenvalue weighted by Crippen LogP contribution is -2.30. The minimum Gasteiger partial charge on any atom is -0.495 e. The molecule has 0 aliphatic carbocycles. The highest BCUT2D eigenvalue weighted by Crippen LogP contribution is 2.33. The number of carbonyl (C=O) groups is 1. The molecule has 0 saturated carbocycles. The molecular weight excluding hydrogens is 410 g/mol. The lowest BCUT2D eigenvalue weighted by Gasteiger charge is -2.12. The molecule has 1 amide bonds. The van der Waals surface area contributed by atoms with Crippen LogP contribution in [-0.2, 0) is 0 Å². The number of ether oxygens (including phenoxy) is 1. The first-order chi connectivity index (χ1) is 14.9. The molecule has 3 aromatic rings. The summed E-state index contributed by atoms with van der Waals surface area (Å²) in [6.45, 7) is 0. The fraction of sp³-hybridized carbons (Fsp3) is 0.0556. The van der Waals surface area contributed by atoms with Crippen LogP contribution in [0.3, 0.4) is 0 Å². The molecule has 0 unspecified atom stereocenters. The maximum Gasteiger partial charge on any atom is 0.355 e. The predicted molar refractivity (Wildman–Crippen MR) is 109 cm³/mol. The average molecular weight is 425 g/mol. The van der Waals surface area contributed by atoms with Crippen LogP contribution in [0.1, 0.15) is 10.4 Å². The molecule has 3 rings (SSSR count). The van der Waals surface area contributed by atoms with Gasteiger partial charge in [0.25, 0.3) is 11.6 Å². The van der Waals surface area contributed by atoms with Crippen molar-refractivity contribution < 1.29 is 19.4 Å². The number of nitro groups is 2. The summed E-state index contributed by atoms with van der Waals surface area (Å²) in [5, 5.41) is 25.5. The summed E-state index contributed by atoms with van der Waals surface area (Å²) in [6, 6.07) is 12.0. The number of para-hydroxylation sites is 3. The van der Waals surface area contributed by atoms with Gasteiger partial charge in [-0.3, -0.25) is 35.9 Å². The Morgan fingerprint density at radius 3 is 2.35 bits per heavy atom. The second-order valence-electron chi connectivity index (χ2n) is 5.86. The number of nitrogens with one attached hydrogen (secondary N) is 3. The highest BCUT2D eigenvalue weighted by molar-refractivity contribution is 5.98. The van der Waals surface area contributed by atoms with Crippen molar-refractivity contribution in [1.82, 2.24) is 15.4 Å². The summed E-state index contributed by atoms with van der Waals surface area (Å²) in [7, 11) is 1.44. The van der Waals surface area contributed by atoms with Crippen molar-refractivity contribution >= 4 is 34.6 Å². The zero-order chi connectivity index (χ0) is 22.4. The number of amides is 1. The molecule has 0 atom stereocenters. The molecule has 0 aliphatic rings. The summed E-state index contributed by atoms with van der Waals surface area (Å²) < 4.78 is 5.20. The van der Waals surface area contributed by atoms with E-state index in [2.05, 4.69) is 26.1 Å². The number of methoxy groups -OCH3 is 1. The van der Waals surface area contributed by atoms with Crippen LogP contribution in [0, 0.1) is 20.2 Å². The average Bonchev–Trinajstić information content (AvgIpc) is 2.77. The first-order valence-electron chi connectivity index (χ1n) is 8.61. The maximum absolute atomic E-state index is 12.4. The topological polar surface area (TPSA) is 174 Å². The van der Waals surface area contributed by atoms with Crippen LogP contribution in [0.15, 0.2) is 54.9 Å². The van der Waals surface area contributed by atoms with Crippen LogP contribution in [0.4, 0.5) is 28.7 Å². The Labute approximate surface area is 174 Å². The normalized spacial score (nSPS) is 10.1. The van der Waals surface area contributed by atoms with Crippen molar-refractivity contribution in [1.29, 1.82) is 0 Å². The van der Waals surface area contributed by atoms with Crippen molar-refractivity contribution in [2.75, 3.05) is 17.9 Å². The summed E-state index contributed by atoms with van der Waals surface area (Å²) in [6.07, 6.45) is 1.05. The minimum absolute atomic E-state index is 0.160. The van der Waals surface area contributed by atoms with Gasteiger partial charge in [-0.25, -0.2) is 9.97 Å². The second-order valence-corrected chi connectivity index (χ2v) is 5.86. The minimum atomic E-state index is -0.876. The number of nitrogens with zero attached hydrogens (tertiary/aromatic N) is 4. The van der Waals surface area contributed by atoms with Crippen LogP contribution in [0.2, 0.25) is 0 Å². The Bertz CT molecular complexity index is 1150. The first-order valence-corrected chi connectivity index (χ1v) is 8.61. The Morgan fingerprint density at radius 1 is 0.968 bits per heavy atom. The number of benzene rings is 2. The van der Waals surface area contributed by atoms with Gasteiger partial charge in [-0.15, -0.1) is 0 Å². The van der Waals surface area contributed by atoms with E-state index in [4.69, 9.17) is 4.74 Å². The number of hydrazine groups is 1. The third kappa shape index (κ3) is 4.61. The van der Waals surface area contributed by atoms with Crippen molar-refractivity contribution in [3.8, 4) is 5.75 Å². The monoisotopic (exact) mass is 425 g/mol. The molecule has 0 aliphatic heterocycles. The standard InChI is InChI=1S/C18H15N7O6/c1-31-14-9-5-3-7-12(14)21-16-15(25(29)30)17(20-10-19-16)22-23-18(26)11-6-2-4-8-13(11)24(27)28/h2-10H,1H3,(H,23,26)(H2,19,20,21,22). The molecule has 31 heavy (non-hydrogen) atoms. The van der Waals surface area contributed by atoms with E-state index in [0.717, 1.165) is 12.4 Å². The number of rotatable bonds is 8. The highest BCUT2D eigenvalue weighted by atomic mass is 16.6. The molecule has 1 aromatic heterocycles. The van der Waals surface area contributed by atoms with Gasteiger partial charge in [-0.05, 0) is 18.2 Å². The zero-order valence-corrected chi connectivity index (χ0v) is 15.9.